The van der Waals surface area contributed by atoms with Gasteiger partial charge in [-0.2, -0.15) is 8.78 Å². The van der Waals surface area contributed by atoms with E-state index in [1.54, 1.807) is 0 Å². The molecule has 0 bridgehead atoms. The van der Waals surface area contributed by atoms with Crippen LogP contribution >= 0.6 is 23.2 Å². The van der Waals surface area contributed by atoms with Gasteiger partial charge in [-0.3, -0.25) is 0 Å². The summed E-state index contributed by atoms with van der Waals surface area (Å²) in [7, 11) is 0. The third-order valence-electron chi connectivity index (χ3n) is 1.81. The molecule has 0 saturated heterocycles. The summed E-state index contributed by atoms with van der Waals surface area (Å²) in [4.78, 5) is 10.5. The number of ether oxygens (including phenoxy) is 1. The zero-order chi connectivity index (χ0) is 13.2. The van der Waals surface area contributed by atoms with Gasteiger partial charge in [0.1, 0.15) is 0 Å². The van der Waals surface area contributed by atoms with Gasteiger partial charge in [0.05, 0.1) is 10.0 Å². The van der Waals surface area contributed by atoms with E-state index in [0.29, 0.717) is 0 Å². The summed E-state index contributed by atoms with van der Waals surface area (Å²) in [6.45, 7) is -3.16. The van der Waals surface area contributed by atoms with Gasteiger partial charge in [-0.1, -0.05) is 29.3 Å². The first-order chi connectivity index (χ1) is 7.84. The van der Waals surface area contributed by atoms with Crippen molar-refractivity contribution < 1.29 is 28.5 Å². The summed E-state index contributed by atoms with van der Waals surface area (Å²) in [5.74, 6) is -2.14. The molecular formula is C9H6Cl2F2O4. The van der Waals surface area contributed by atoms with E-state index in [-0.39, 0.29) is 10.6 Å². The Morgan fingerprint density at radius 2 is 1.94 bits per heavy atom. The van der Waals surface area contributed by atoms with E-state index in [9.17, 15) is 18.7 Å². The summed E-state index contributed by atoms with van der Waals surface area (Å²) < 4.78 is 28.2. The normalized spacial score (nSPS) is 12.6. The monoisotopic (exact) mass is 286 g/mol. The minimum absolute atomic E-state index is 0.211. The lowest BCUT2D eigenvalue weighted by Crippen LogP contribution is -2.12. The molecule has 0 saturated carbocycles. The maximum absolute atomic E-state index is 12.1. The largest absolute Gasteiger partial charge is 0.479 e. The first-order valence-electron chi connectivity index (χ1n) is 4.18. The Labute approximate surface area is 104 Å². The molecule has 0 radical (unpaired) electrons. The molecule has 0 aliphatic rings. The van der Waals surface area contributed by atoms with E-state index in [1.165, 1.54) is 0 Å². The van der Waals surface area contributed by atoms with Gasteiger partial charge in [0.25, 0.3) is 0 Å². The molecule has 0 amide bonds. The molecule has 0 heterocycles. The van der Waals surface area contributed by atoms with Crippen molar-refractivity contribution in [1.29, 1.82) is 0 Å². The molecular weight excluding hydrogens is 281 g/mol. The Kier molecular flexibility index (Phi) is 4.50. The average Bonchev–Trinajstić information content (AvgIpc) is 2.23. The molecule has 0 spiro atoms. The van der Waals surface area contributed by atoms with Gasteiger partial charge in [-0.05, 0) is 6.07 Å². The number of hydrogen-bond acceptors (Lipinski definition) is 3. The molecule has 0 aliphatic carbocycles. The van der Waals surface area contributed by atoms with Crippen molar-refractivity contribution in [1.82, 2.24) is 0 Å². The van der Waals surface area contributed by atoms with Gasteiger partial charge in [0.2, 0.25) is 0 Å². The standard InChI is InChI=1S/C9H6Cl2F2O4/c10-4-2-1-3(6(14)8(15)16)5(11)7(4)17-9(12)13/h1-2,6,9,14H,(H,15,16)/t6-/m1/s1. The summed E-state index contributed by atoms with van der Waals surface area (Å²) in [5.41, 5.74) is -0.279. The lowest BCUT2D eigenvalue weighted by molar-refractivity contribution is -0.146. The Balaban J connectivity index is 3.23. The van der Waals surface area contributed by atoms with E-state index in [0.717, 1.165) is 12.1 Å². The predicted octanol–water partition coefficient (Wildman–Crippen LogP) is 2.71. The highest BCUT2D eigenvalue weighted by molar-refractivity contribution is 6.37. The third kappa shape index (κ3) is 3.18. The SMILES string of the molecule is O=C(O)[C@H](O)c1ccc(Cl)c(OC(F)F)c1Cl. The van der Waals surface area contributed by atoms with Crippen LogP contribution in [0.4, 0.5) is 8.78 Å². The Bertz CT molecular complexity index is 439. The fraction of sp³-hybridized carbons (Fsp3) is 0.222. The van der Waals surface area contributed by atoms with Crippen molar-refractivity contribution >= 4 is 29.2 Å². The number of rotatable bonds is 4. The van der Waals surface area contributed by atoms with Gasteiger partial charge < -0.3 is 14.9 Å². The lowest BCUT2D eigenvalue weighted by Gasteiger charge is -2.13. The maximum atomic E-state index is 12.1. The number of aliphatic hydroxyl groups excluding tert-OH is 1. The molecule has 94 valence electrons. The zero-order valence-corrected chi connectivity index (χ0v) is 9.54. The number of carbonyl (C=O) groups is 1. The van der Waals surface area contributed by atoms with Crippen molar-refractivity contribution in [2.24, 2.45) is 0 Å². The van der Waals surface area contributed by atoms with Gasteiger partial charge in [0.15, 0.2) is 11.9 Å². The summed E-state index contributed by atoms with van der Waals surface area (Å²) in [6.07, 6.45) is -1.94. The fourth-order valence-corrected chi connectivity index (χ4v) is 1.65. The van der Waals surface area contributed by atoms with Crippen LogP contribution in [-0.2, 0) is 4.79 Å². The minimum Gasteiger partial charge on any atom is -0.479 e. The Hall–Kier alpha value is -1.11. The molecule has 1 aromatic carbocycles. The molecule has 4 nitrogen and oxygen atoms in total. The van der Waals surface area contributed by atoms with Crippen LogP contribution in [0.25, 0.3) is 0 Å². The van der Waals surface area contributed by atoms with E-state index < -0.39 is 29.5 Å². The lowest BCUT2D eigenvalue weighted by atomic mass is 10.1. The third-order valence-corrected chi connectivity index (χ3v) is 2.50. The van der Waals surface area contributed by atoms with Crippen LogP contribution < -0.4 is 4.74 Å². The van der Waals surface area contributed by atoms with Gasteiger partial charge in [0, 0.05) is 5.56 Å². The van der Waals surface area contributed by atoms with Gasteiger partial charge >= 0.3 is 12.6 Å². The zero-order valence-electron chi connectivity index (χ0n) is 8.03. The summed E-state index contributed by atoms with van der Waals surface area (Å²) >= 11 is 11.2. The van der Waals surface area contributed by atoms with Gasteiger partial charge in [-0.25, -0.2) is 4.79 Å². The Morgan fingerprint density at radius 3 is 2.41 bits per heavy atom. The van der Waals surface area contributed by atoms with Crippen molar-refractivity contribution in [3.8, 4) is 5.75 Å². The topological polar surface area (TPSA) is 66.8 Å². The molecule has 8 heteroatoms. The molecule has 2 N–H and O–H groups in total. The number of benzene rings is 1. The van der Waals surface area contributed by atoms with Crippen LogP contribution in [0.2, 0.25) is 10.0 Å². The van der Waals surface area contributed by atoms with E-state index in [1.807, 2.05) is 0 Å². The minimum atomic E-state index is -3.16. The highest BCUT2D eigenvalue weighted by atomic mass is 35.5. The second kappa shape index (κ2) is 5.48. The molecule has 1 aromatic rings. The Morgan fingerprint density at radius 1 is 1.35 bits per heavy atom. The molecule has 0 aliphatic heterocycles. The van der Waals surface area contributed by atoms with Crippen LogP contribution in [0, 0.1) is 0 Å². The number of alkyl halides is 2. The molecule has 1 atom stereocenters. The van der Waals surface area contributed by atoms with Crippen molar-refractivity contribution in [3.63, 3.8) is 0 Å². The van der Waals surface area contributed by atoms with Crippen LogP contribution in [0.5, 0.6) is 5.75 Å². The van der Waals surface area contributed by atoms with Crippen LogP contribution in [-0.4, -0.2) is 22.8 Å². The second-order valence-corrected chi connectivity index (χ2v) is 3.68. The van der Waals surface area contributed by atoms with Crippen LogP contribution in [0.3, 0.4) is 0 Å². The molecule has 0 aromatic heterocycles. The van der Waals surface area contributed by atoms with Crippen molar-refractivity contribution in [3.05, 3.63) is 27.7 Å². The second-order valence-electron chi connectivity index (χ2n) is 2.90. The van der Waals surface area contributed by atoms with Crippen molar-refractivity contribution in [2.75, 3.05) is 0 Å². The fourth-order valence-electron chi connectivity index (χ4n) is 1.09. The summed E-state index contributed by atoms with van der Waals surface area (Å²) in [5, 5.41) is 17.2. The van der Waals surface area contributed by atoms with E-state index in [2.05, 4.69) is 4.74 Å². The number of aliphatic carboxylic acids is 1. The average molecular weight is 287 g/mol. The first-order valence-corrected chi connectivity index (χ1v) is 4.93. The number of hydrogen-bond donors (Lipinski definition) is 2. The maximum Gasteiger partial charge on any atom is 0.387 e. The van der Waals surface area contributed by atoms with Crippen LogP contribution in [0.1, 0.15) is 11.7 Å². The number of halogens is 4. The number of carboxylic acids is 1. The molecule has 0 fully saturated rings. The molecule has 17 heavy (non-hydrogen) atoms. The smallest absolute Gasteiger partial charge is 0.387 e. The van der Waals surface area contributed by atoms with Crippen molar-refractivity contribution in [2.45, 2.75) is 12.7 Å². The van der Waals surface area contributed by atoms with E-state index >= 15 is 0 Å². The predicted molar refractivity (Wildman–Crippen MR) is 55.7 cm³/mol. The highest BCUT2D eigenvalue weighted by Crippen LogP contribution is 2.38. The highest BCUT2D eigenvalue weighted by Gasteiger charge is 2.24. The molecule has 0 unspecified atom stereocenters. The number of carboxylic acid groups (broad SMARTS) is 1. The number of aliphatic hydroxyl groups is 1. The first kappa shape index (κ1) is 14.0. The molecule has 1 rings (SSSR count). The van der Waals surface area contributed by atoms with E-state index in [4.69, 9.17) is 28.3 Å². The van der Waals surface area contributed by atoms with Gasteiger partial charge in [-0.15, -0.1) is 0 Å². The summed E-state index contributed by atoms with van der Waals surface area (Å²) in [6, 6.07) is 2.22. The van der Waals surface area contributed by atoms with Crippen LogP contribution in [0.15, 0.2) is 12.1 Å². The quantitative estimate of drug-likeness (QED) is 0.893.